The predicted molar refractivity (Wildman–Crippen MR) is 28.4 cm³/mol. The SMILES string of the molecule is CONC(=S)C#N. The van der Waals surface area contributed by atoms with E-state index in [2.05, 4.69) is 22.5 Å². The molecule has 0 spiro atoms. The van der Waals surface area contributed by atoms with Gasteiger partial charge in [-0.1, -0.05) is 0 Å². The molecule has 3 nitrogen and oxygen atoms in total. The highest BCUT2D eigenvalue weighted by Crippen LogP contribution is 1.63. The molecule has 0 saturated carbocycles. The van der Waals surface area contributed by atoms with Crippen molar-refractivity contribution in [3.05, 3.63) is 0 Å². The number of hydrogen-bond donors (Lipinski definition) is 1. The maximum absolute atomic E-state index is 7.93. The smallest absolute Gasteiger partial charge is 0.202 e. The molecule has 0 aliphatic heterocycles. The number of nitrogens with zero attached hydrogens (tertiary/aromatic N) is 1. The van der Waals surface area contributed by atoms with Crippen LogP contribution in [0.25, 0.3) is 0 Å². The molecule has 0 aromatic rings. The van der Waals surface area contributed by atoms with Crippen LogP contribution in [-0.2, 0) is 4.84 Å². The van der Waals surface area contributed by atoms with Crippen molar-refractivity contribution >= 4 is 17.2 Å². The molecule has 0 radical (unpaired) electrons. The van der Waals surface area contributed by atoms with Gasteiger partial charge in [0.25, 0.3) is 0 Å². The molecule has 0 atom stereocenters. The molecule has 4 heteroatoms. The number of nitrogens with one attached hydrogen (secondary N) is 1. The number of hydrogen-bond acceptors (Lipinski definition) is 3. The molecule has 0 heterocycles. The molecule has 0 aromatic heterocycles. The van der Waals surface area contributed by atoms with E-state index >= 15 is 0 Å². The third kappa shape index (κ3) is 3.16. The van der Waals surface area contributed by atoms with Crippen molar-refractivity contribution in [3.8, 4) is 6.07 Å². The predicted octanol–water partition coefficient (Wildman–Crippen LogP) is -0.0116. The van der Waals surface area contributed by atoms with Gasteiger partial charge < -0.3 is 0 Å². The summed E-state index contributed by atoms with van der Waals surface area (Å²) in [7, 11) is 1.39. The van der Waals surface area contributed by atoms with Crippen molar-refractivity contribution in [1.82, 2.24) is 5.48 Å². The highest BCUT2D eigenvalue weighted by atomic mass is 32.1. The van der Waals surface area contributed by atoms with Gasteiger partial charge in [-0.05, 0) is 12.2 Å². The topological polar surface area (TPSA) is 45.0 Å². The summed E-state index contributed by atoms with van der Waals surface area (Å²) in [5.74, 6) is 0. The fraction of sp³-hybridized carbons (Fsp3) is 0.333. The zero-order chi connectivity index (χ0) is 5.70. The van der Waals surface area contributed by atoms with Crippen molar-refractivity contribution in [2.24, 2.45) is 0 Å². The first kappa shape index (κ1) is 6.34. The van der Waals surface area contributed by atoms with E-state index < -0.39 is 0 Å². The lowest BCUT2D eigenvalue weighted by atomic mass is 10.8. The summed E-state index contributed by atoms with van der Waals surface area (Å²) < 4.78 is 0. The molecular formula is C3H4N2OS. The van der Waals surface area contributed by atoms with Crippen LogP contribution in [0.15, 0.2) is 0 Å². The minimum absolute atomic E-state index is 0.0440. The minimum atomic E-state index is 0.0440. The van der Waals surface area contributed by atoms with E-state index in [-0.39, 0.29) is 4.99 Å². The number of thiocarbonyl (C=S) groups is 1. The van der Waals surface area contributed by atoms with Gasteiger partial charge in [0.05, 0.1) is 7.11 Å². The minimum Gasteiger partial charge on any atom is -0.278 e. The first-order valence-corrected chi connectivity index (χ1v) is 1.95. The average molecular weight is 116 g/mol. The average Bonchev–Trinajstić information content (AvgIpc) is 1.68. The van der Waals surface area contributed by atoms with Crippen molar-refractivity contribution in [1.29, 1.82) is 5.26 Å². The largest absolute Gasteiger partial charge is 0.278 e. The maximum atomic E-state index is 7.93. The zero-order valence-electron chi connectivity index (χ0n) is 3.76. The van der Waals surface area contributed by atoms with E-state index in [0.29, 0.717) is 0 Å². The highest BCUT2D eigenvalue weighted by Gasteiger charge is 1.83. The molecular weight excluding hydrogens is 112 g/mol. The first-order valence-electron chi connectivity index (χ1n) is 1.54. The standard InChI is InChI=1S/C3H4N2OS/c1-6-5-3(7)2-4/h1H3,(H,5,7). The monoisotopic (exact) mass is 116 g/mol. The van der Waals surface area contributed by atoms with Crippen molar-refractivity contribution in [2.75, 3.05) is 7.11 Å². The van der Waals surface area contributed by atoms with E-state index in [4.69, 9.17) is 5.26 Å². The molecule has 1 N–H and O–H groups in total. The lowest BCUT2D eigenvalue weighted by Crippen LogP contribution is -2.16. The Balaban J connectivity index is 3.24. The second-order valence-corrected chi connectivity index (χ2v) is 1.16. The van der Waals surface area contributed by atoms with Crippen LogP contribution in [0.4, 0.5) is 0 Å². The van der Waals surface area contributed by atoms with E-state index in [0.717, 1.165) is 0 Å². The Morgan fingerprint density at radius 1 is 2.00 bits per heavy atom. The van der Waals surface area contributed by atoms with Gasteiger partial charge in [-0.15, -0.1) is 0 Å². The van der Waals surface area contributed by atoms with Crippen LogP contribution in [0.2, 0.25) is 0 Å². The van der Waals surface area contributed by atoms with Crippen LogP contribution in [0.1, 0.15) is 0 Å². The van der Waals surface area contributed by atoms with E-state index in [1.54, 1.807) is 6.07 Å². The molecule has 0 fully saturated rings. The number of nitriles is 1. The van der Waals surface area contributed by atoms with E-state index in [9.17, 15) is 0 Å². The number of hydroxylamine groups is 1. The molecule has 0 unspecified atom stereocenters. The Hall–Kier alpha value is -0.660. The van der Waals surface area contributed by atoms with E-state index in [1.165, 1.54) is 7.11 Å². The fourth-order valence-corrected chi connectivity index (χ4v) is 0.199. The quantitative estimate of drug-likeness (QED) is 0.386. The Morgan fingerprint density at radius 3 is 2.71 bits per heavy atom. The summed E-state index contributed by atoms with van der Waals surface area (Å²) in [6, 6.07) is 1.66. The van der Waals surface area contributed by atoms with Crippen LogP contribution < -0.4 is 5.48 Å². The fourth-order valence-electron chi connectivity index (χ4n) is 0.116. The zero-order valence-corrected chi connectivity index (χ0v) is 4.58. The molecule has 0 aromatic carbocycles. The van der Waals surface area contributed by atoms with E-state index in [1.807, 2.05) is 0 Å². The first-order chi connectivity index (χ1) is 3.31. The summed E-state index contributed by atoms with van der Waals surface area (Å²) in [5.41, 5.74) is 2.17. The summed E-state index contributed by atoms with van der Waals surface area (Å²) in [6.45, 7) is 0. The molecule has 0 rings (SSSR count). The molecule has 38 valence electrons. The Labute approximate surface area is 46.8 Å². The van der Waals surface area contributed by atoms with Crippen molar-refractivity contribution in [3.63, 3.8) is 0 Å². The van der Waals surface area contributed by atoms with Crippen molar-refractivity contribution in [2.45, 2.75) is 0 Å². The van der Waals surface area contributed by atoms with Gasteiger partial charge in [-0.25, -0.2) is 5.48 Å². The molecule has 0 aliphatic rings. The van der Waals surface area contributed by atoms with Gasteiger partial charge in [0.1, 0.15) is 6.07 Å². The number of rotatable bonds is 1. The second kappa shape index (κ2) is 3.53. The van der Waals surface area contributed by atoms with Crippen molar-refractivity contribution < 1.29 is 4.84 Å². The highest BCUT2D eigenvalue weighted by molar-refractivity contribution is 7.80. The summed E-state index contributed by atoms with van der Waals surface area (Å²) >= 11 is 4.36. The van der Waals surface area contributed by atoms with Crippen LogP contribution in [0.3, 0.4) is 0 Å². The lowest BCUT2D eigenvalue weighted by Gasteiger charge is -1.91. The molecule has 0 amide bonds. The van der Waals surface area contributed by atoms with Crippen LogP contribution >= 0.6 is 12.2 Å². The third-order valence-electron chi connectivity index (χ3n) is 0.296. The van der Waals surface area contributed by atoms with Gasteiger partial charge >= 0.3 is 0 Å². The summed E-state index contributed by atoms with van der Waals surface area (Å²) in [5, 5.41) is 7.93. The van der Waals surface area contributed by atoms with Gasteiger partial charge in [0, 0.05) is 0 Å². The van der Waals surface area contributed by atoms with Gasteiger partial charge in [0.2, 0.25) is 4.99 Å². The summed E-state index contributed by atoms with van der Waals surface area (Å²) in [4.78, 5) is 4.32. The van der Waals surface area contributed by atoms with Crippen LogP contribution in [-0.4, -0.2) is 12.1 Å². The maximum Gasteiger partial charge on any atom is 0.202 e. The lowest BCUT2D eigenvalue weighted by molar-refractivity contribution is 0.147. The molecule has 0 aliphatic carbocycles. The third-order valence-corrected chi connectivity index (χ3v) is 0.471. The van der Waals surface area contributed by atoms with Gasteiger partial charge in [-0.3, -0.25) is 4.84 Å². The Bertz CT molecular complexity index is 106. The Kier molecular flexibility index (Phi) is 3.19. The molecule has 0 saturated heterocycles. The van der Waals surface area contributed by atoms with Crippen LogP contribution in [0, 0.1) is 11.3 Å². The normalized spacial score (nSPS) is 6.86. The van der Waals surface area contributed by atoms with Gasteiger partial charge in [0.15, 0.2) is 0 Å². The van der Waals surface area contributed by atoms with Crippen LogP contribution in [0.5, 0.6) is 0 Å². The summed E-state index contributed by atoms with van der Waals surface area (Å²) in [6.07, 6.45) is 0. The molecule has 7 heavy (non-hydrogen) atoms. The molecule has 0 bridgehead atoms. The second-order valence-electron chi connectivity index (χ2n) is 0.747. The van der Waals surface area contributed by atoms with Gasteiger partial charge in [-0.2, -0.15) is 5.26 Å². The Morgan fingerprint density at radius 2 is 2.57 bits per heavy atom.